The molecule has 5 nitrogen and oxygen atoms in total. The van der Waals surface area contributed by atoms with Crippen molar-refractivity contribution >= 4 is 10.0 Å². The molecular formula is C16H14F2N2O3S. The van der Waals surface area contributed by atoms with Gasteiger partial charge in [0.25, 0.3) is 0 Å². The molecule has 0 heterocycles. The van der Waals surface area contributed by atoms with E-state index in [0.29, 0.717) is 5.56 Å². The van der Waals surface area contributed by atoms with Crippen LogP contribution in [0.5, 0.6) is 5.75 Å². The highest BCUT2D eigenvalue weighted by Crippen LogP contribution is 2.21. The fourth-order valence-electron chi connectivity index (χ4n) is 2.07. The van der Waals surface area contributed by atoms with Crippen LogP contribution in [0.1, 0.15) is 11.1 Å². The molecule has 2 aromatic rings. The Hall–Kier alpha value is -2.50. The highest BCUT2D eigenvalue weighted by molar-refractivity contribution is 7.89. The third-order valence-corrected chi connectivity index (χ3v) is 5.00. The summed E-state index contributed by atoms with van der Waals surface area (Å²) in [5, 5.41) is 8.87. The van der Waals surface area contributed by atoms with E-state index in [1.165, 1.54) is 49.5 Å². The molecule has 0 bridgehead atoms. The highest BCUT2D eigenvalue weighted by atomic mass is 32.2. The number of hydrogen-bond acceptors (Lipinski definition) is 4. The number of ether oxygens (including phenoxy) is 1. The Morgan fingerprint density at radius 2 is 1.92 bits per heavy atom. The number of sulfonamides is 1. The number of rotatable bonds is 6. The first-order valence-corrected chi connectivity index (χ1v) is 8.27. The molecule has 0 spiro atoms. The molecule has 0 aromatic heterocycles. The van der Waals surface area contributed by atoms with Crippen LogP contribution in [0.4, 0.5) is 8.78 Å². The summed E-state index contributed by atoms with van der Waals surface area (Å²) in [4.78, 5) is -0.0102. The number of benzene rings is 2. The lowest BCUT2D eigenvalue weighted by Crippen LogP contribution is -2.26. The summed E-state index contributed by atoms with van der Waals surface area (Å²) in [5.74, 6) is -0.0419. The van der Waals surface area contributed by atoms with Gasteiger partial charge in [0.2, 0.25) is 10.0 Å². The SMILES string of the molecule is CN(Cc1cccc(OC(F)F)c1)S(=O)(=O)c1cccc(C#N)c1. The van der Waals surface area contributed by atoms with Crippen LogP contribution in [0.2, 0.25) is 0 Å². The van der Waals surface area contributed by atoms with Crippen molar-refractivity contribution in [3.63, 3.8) is 0 Å². The Balaban J connectivity index is 2.22. The molecule has 0 aliphatic carbocycles. The van der Waals surface area contributed by atoms with E-state index >= 15 is 0 Å². The zero-order chi connectivity index (χ0) is 17.7. The highest BCUT2D eigenvalue weighted by Gasteiger charge is 2.21. The minimum absolute atomic E-state index is 0.0102. The van der Waals surface area contributed by atoms with Crippen LogP contribution in [-0.2, 0) is 16.6 Å². The topological polar surface area (TPSA) is 70.4 Å². The summed E-state index contributed by atoms with van der Waals surface area (Å²) < 4.78 is 54.9. The van der Waals surface area contributed by atoms with Crippen LogP contribution >= 0.6 is 0 Å². The number of alkyl halides is 2. The maximum absolute atomic E-state index is 12.5. The Morgan fingerprint density at radius 1 is 1.21 bits per heavy atom. The minimum atomic E-state index is -3.81. The molecule has 0 amide bonds. The monoisotopic (exact) mass is 352 g/mol. The lowest BCUT2D eigenvalue weighted by Gasteiger charge is -2.18. The molecule has 2 rings (SSSR count). The van der Waals surface area contributed by atoms with Crippen molar-refractivity contribution in [3.8, 4) is 11.8 Å². The molecule has 8 heteroatoms. The van der Waals surface area contributed by atoms with Crippen molar-refractivity contribution in [1.82, 2.24) is 4.31 Å². The van der Waals surface area contributed by atoms with Gasteiger partial charge in [-0.3, -0.25) is 0 Å². The van der Waals surface area contributed by atoms with Crippen molar-refractivity contribution in [3.05, 3.63) is 59.7 Å². The van der Waals surface area contributed by atoms with Gasteiger partial charge in [-0.1, -0.05) is 18.2 Å². The van der Waals surface area contributed by atoms with Crippen LogP contribution in [0, 0.1) is 11.3 Å². The standard InChI is InChI=1S/C16H14F2N2O3S/c1-20(11-13-5-2-6-14(8-13)23-16(17)18)24(21,22)15-7-3-4-12(9-15)10-19/h2-9,16H,11H2,1H3. The average Bonchev–Trinajstić information content (AvgIpc) is 2.54. The first kappa shape index (κ1) is 17.8. The van der Waals surface area contributed by atoms with Gasteiger partial charge in [-0.05, 0) is 35.9 Å². The second kappa shape index (κ2) is 7.38. The lowest BCUT2D eigenvalue weighted by atomic mass is 10.2. The molecular weight excluding hydrogens is 338 g/mol. The van der Waals surface area contributed by atoms with Gasteiger partial charge < -0.3 is 4.74 Å². The van der Waals surface area contributed by atoms with Crippen LogP contribution in [0.15, 0.2) is 53.4 Å². The number of hydrogen-bond donors (Lipinski definition) is 0. The minimum Gasteiger partial charge on any atom is -0.435 e. The Kier molecular flexibility index (Phi) is 5.49. The molecule has 126 valence electrons. The van der Waals surface area contributed by atoms with Gasteiger partial charge in [0.05, 0.1) is 16.5 Å². The maximum atomic E-state index is 12.5. The molecule has 0 radical (unpaired) electrons. The molecule has 0 atom stereocenters. The fourth-order valence-corrected chi connectivity index (χ4v) is 3.27. The normalized spacial score (nSPS) is 11.5. The van der Waals surface area contributed by atoms with E-state index in [2.05, 4.69) is 4.74 Å². The molecule has 2 aromatic carbocycles. The van der Waals surface area contributed by atoms with Gasteiger partial charge in [0.1, 0.15) is 5.75 Å². The van der Waals surface area contributed by atoms with Gasteiger partial charge in [-0.15, -0.1) is 0 Å². The van der Waals surface area contributed by atoms with Crippen molar-refractivity contribution in [1.29, 1.82) is 5.26 Å². The van der Waals surface area contributed by atoms with Crippen molar-refractivity contribution in [2.24, 2.45) is 0 Å². The van der Waals surface area contributed by atoms with Gasteiger partial charge in [0, 0.05) is 13.6 Å². The summed E-state index contributed by atoms with van der Waals surface area (Å²) in [7, 11) is -2.44. The summed E-state index contributed by atoms with van der Waals surface area (Å²) in [6, 6.07) is 13.4. The third-order valence-electron chi connectivity index (χ3n) is 3.20. The summed E-state index contributed by atoms with van der Waals surface area (Å²) in [6.07, 6.45) is 0. The first-order chi connectivity index (χ1) is 11.3. The zero-order valence-corrected chi connectivity index (χ0v) is 13.5. The van der Waals surface area contributed by atoms with Crippen LogP contribution in [0.25, 0.3) is 0 Å². The van der Waals surface area contributed by atoms with Crippen molar-refractivity contribution < 1.29 is 21.9 Å². The van der Waals surface area contributed by atoms with E-state index in [1.807, 2.05) is 6.07 Å². The van der Waals surface area contributed by atoms with Gasteiger partial charge >= 0.3 is 6.61 Å². The van der Waals surface area contributed by atoms with Gasteiger partial charge in [-0.25, -0.2) is 8.42 Å². The van der Waals surface area contributed by atoms with E-state index in [-0.39, 0.29) is 22.8 Å². The Bertz CT molecular complexity index is 864. The summed E-state index contributed by atoms with van der Waals surface area (Å²) in [6.45, 7) is -2.98. The largest absolute Gasteiger partial charge is 0.435 e. The second-order valence-electron chi connectivity index (χ2n) is 4.93. The Labute approximate surface area is 138 Å². The predicted octanol–water partition coefficient (Wildman–Crippen LogP) is 2.98. The van der Waals surface area contributed by atoms with Crippen molar-refractivity contribution in [2.75, 3.05) is 7.05 Å². The van der Waals surface area contributed by atoms with E-state index in [1.54, 1.807) is 6.07 Å². The molecule has 24 heavy (non-hydrogen) atoms. The summed E-state index contributed by atoms with van der Waals surface area (Å²) >= 11 is 0. The number of halogens is 2. The summed E-state index contributed by atoms with van der Waals surface area (Å²) in [5.41, 5.74) is 0.729. The molecule has 0 unspecified atom stereocenters. The molecule has 0 N–H and O–H groups in total. The van der Waals surface area contributed by atoms with Crippen LogP contribution < -0.4 is 4.74 Å². The Morgan fingerprint density at radius 3 is 2.58 bits per heavy atom. The average molecular weight is 352 g/mol. The molecule has 0 fully saturated rings. The third kappa shape index (κ3) is 4.28. The lowest BCUT2D eigenvalue weighted by molar-refractivity contribution is -0.0498. The quantitative estimate of drug-likeness (QED) is 0.801. The van der Waals surface area contributed by atoms with E-state index < -0.39 is 16.6 Å². The number of nitrogens with zero attached hydrogens (tertiary/aromatic N) is 2. The predicted molar refractivity (Wildman–Crippen MR) is 82.9 cm³/mol. The molecule has 0 saturated carbocycles. The molecule has 0 aliphatic heterocycles. The van der Waals surface area contributed by atoms with E-state index in [9.17, 15) is 17.2 Å². The zero-order valence-electron chi connectivity index (χ0n) is 12.7. The molecule has 0 aliphatic rings. The number of nitriles is 1. The fraction of sp³-hybridized carbons (Fsp3) is 0.188. The van der Waals surface area contributed by atoms with Crippen LogP contribution in [0.3, 0.4) is 0 Å². The second-order valence-corrected chi connectivity index (χ2v) is 6.97. The van der Waals surface area contributed by atoms with Crippen LogP contribution in [-0.4, -0.2) is 26.4 Å². The van der Waals surface area contributed by atoms with Gasteiger partial charge in [0.15, 0.2) is 0 Å². The van der Waals surface area contributed by atoms with Crippen molar-refractivity contribution in [2.45, 2.75) is 18.1 Å². The maximum Gasteiger partial charge on any atom is 0.387 e. The molecule has 0 saturated heterocycles. The van der Waals surface area contributed by atoms with E-state index in [0.717, 1.165) is 4.31 Å². The van der Waals surface area contributed by atoms with E-state index in [4.69, 9.17) is 5.26 Å². The first-order valence-electron chi connectivity index (χ1n) is 6.83. The van der Waals surface area contributed by atoms with Gasteiger partial charge in [-0.2, -0.15) is 18.3 Å². The smallest absolute Gasteiger partial charge is 0.387 e.